The summed E-state index contributed by atoms with van der Waals surface area (Å²) >= 11 is 0. The van der Waals surface area contributed by atoms with Crippen LogP contribution in [-0.2, 0) is 0 Å². The van der Waals surface area contributed by atoms with Gasteiger partial charge in [-0.2, -0.15) is 0 Å². The predicted molar refractivity (Wildman–Crippen MR) is 76.7 cm³/mol. The summed E-state index contributed by atoms with van der Waals surface area (Å²) in [6.07, 6.45) is 2.45. The number of aromatic nitrogens is 1. The van der Waals surface area contributed by atoms with Gasteiger partial charge in [-0.3, -0.25) is 0 Å². The van der Waals surface area contributed by atoms with E-state index in [1.165, 1.54) is 12.8 Å². The van der Waals surface area contributed by atoms with Crippen molar-refractivity contribution in [1.82, 2.24) is 4.98 Å². The molecule has 19 heavy (non-hydrogen) atoms. The van der Waals surface area contributed by atoms with Crippen LogP contribution in [0.15, 0.2) is 17.3 Å². The molecule has 1 saturated carbocycles. The van der Waals surface area contributed by atoms with Crippen molar-refractivity contribution in [2.75, 3.05) is 11.4 Å². The summed E-state index contributed by atoms with van der Waals surface area (Å²) in [6, 6.07) is 4.33. The van der Waals surface area contributed by atoms with Crippen LogP contribution >= 0.6 is 0 Å². The Balaban J connectivity index is 2.33. The molecule has 1 aliphatic rings. The molecule has 0 saturated heterocycles. The number of anilines is 1. The van der Waals surface area contributed by atoms with Gasteiger partial charge >= 0.3 is 0 Å². The summed E-state index contributed by atoms with van der Waals surface area (Å²) in [4.78, 5) is 6.94. The number of hydrogen-bond donors (Lipinski definition) is 2. The van der Waals surface area contributed by atoms with E-state index in [0.717, 1.165) is 23.6 Å². The van der Waals surface area contributed by atoms with E-state index >= 15 is 0 Å². The Morgan fingerprint density at radius 2 is 2.21 bits per heavy atom. The monoisotopic (exact) mass is 262 g/mol. The average Bonchev–Trinajstić information content (AvgIpc) is 3.18. The van der Waals surface area contributed by atoms with Gasteiger partial charge in [0.25, 0.3) is 0 Å². The molecule has 1 heterocycles. The Morgan fingerprint density at radius 1 is 1.53 bits per heavy atom. The Labute approximate surface area is 114 Å². The van der Waals surface area contributed by atoms with E-state index in [-0.39, 0.29) is 5.84 Å². The number of nitrogens with two attached hydrogens (primary N) is 1. The highest BCUT2D eigenvalue weighted by Crippen LogP contribution is 2.31. The molecule has 0 unspecified atom stereocenters. The van der Waals surface area contributed by atoms with Crippen molar-refractivity contribution in [2.45, 2.75) is 39.7 Å². The van der Waals surface area contributed by atoms with E-state index < -0.39 is 0 Å². The van der Waals surface area contributed by atoms with Gasteiger partial charge in [0.2, 0.25) is 0 Å². The van der Waals surface area contributed by atoms with Crippen molar-refractivity contribution in [1.29, 1.82) is 0 Å². The molecule has 1 aliphatic carbocycles. The highest BCUT2D eigenvalue weighted by Gasteiger charge is 2.30. The second kappa shape index (κ2) is 5.47. The minimum Gasteiger partial charge on any atom is -0.409 e. The molecular formula is C14H22N4O. The van der Waals surface area contributed by atoms with Crippen molar-refractivity contribution in [3.63, 3.8) is 0 Å². The summed E-state index contributed by atoms with van der Waals surface area (Å²) in [6.45, 7) is 7.32. The number of pyridine rings is 1. The number of oxime groups is 1. The fraction of sp³-hybridized carbons (Fsp3) is 0.571. The molecule has 0 atom stereocenters. The molecule has 104 valence electrons. The lowest BCUT2D eigenvalue weighted by Crippen LogP contribution is -2.31. The van der Waals surface area contributed by atoms with Crippen LogP contribution in [0.25, 0.3) is 0 Å². The van der Waals surface area contributed by atoms with E-state index in [2.05, 4.69) is 28.9 Å². The van der Waals surface area contributed by atoms with Gasteiger partial charge in [-0.05, 0) is 37.8 Å². The SMILES string of the molecule is Cc1cc(/C(N)=N/O)cc(N(CC(C)C)C2CC2)n1. The van der Waals surface area contributed by atoms with Gasteiger partial charge in [0.05, 0.1) is 0 Å². The molecule has 0 radical (unpaired) electrons. The first-order chi connectivity index (χ1) is 9.01. The second-order valence-electron chi connectivity index (χ2n) is 5.62. The number of aryl methyl sites for hydroxylation is 1. The maximum Gasteiger partial charge on any atom is 0.170 e. The molecule has 0 spiro atoms. The van der Waals surface area contributed by atoms with Crippen LogP contribution < -0.4 is 10.6 Å². The zero-order chi connectivity index (χ0) is 14.0. The Morgan fingerprint density at radius 3 is 2.74 bits per heavy atom. The molecule has 0 bridgehead atoms. The van der Waals surface area contributed by atoms with E-state index in [4.69, 9.17) is 10.9 Å². The molecule has 5 heteroatoms. The third-order valence-corrected chi connectivity index (χ3v) is 3.19. The predicted octanol–water partition coefficient (Wildman–Crippen LogP) is 2.11. The average molecular weight is 262 g/mol. The minimum atomic E-state index is 0.132. The summed E-state index contributed by atoms with van der Waals surface area (Å²) in [5.74, 6) is 1.64. The zero-order valence-electron chi connectivity index (χ0n) is 11.8. The molecule has 5 nitrogen and oxygen atoms in total. The van der Waals surface area contributed by atoms with Crippen LogP contribution in [0.1, 0.15) is 37.9 Å². The normalized spacial score (nSPS) is 15.9. The summed E-state index contributed by atoms with van der Waals surface area (Å²) in [7, 11) is 0. The summed E-state index contributed by atoms with van der Waals surface area (Å²) in [5.41, 5.74) is 7.28. The van der Waals surface area contributed by atoms with E-state index in [1.807, 2.05) is 19.1 Å². The highest BCUT2D eigenvalue weighted by molar-refractivity contribution is 5.97. The van der Waals surface area contributed by atoms with E-state index in [9.17, 15) is 0 Å². The standard InChI is InChI=1S/C14H22N4O/c1-9(2)8-18(12-4-5-12)13-7-11(14(15)17-19)6-10(3)16-13/h6-7,9,12,19H,4-5,8H2,1-3H3,(H2,15,17). The van der Waals surface area contributed by atoms with E-state index in [0.29, 0.717) is 12.0 Å². The van der Waals surface area contributed by atoms with Crippen LogP contribution in [0, 0.1) is 12.8 Å². The summed E-state index contributed by atoms with van der Waals surface area (Å²) < 4.78 is 0. The minimum absolute atomic E-state index is 0.132. The van der Waals surface area contributed by atoms with Crippen molar-refractivity contribution in [3.8, 4) is 0 Å². The molecule has 0 aromatic carbocycles. The fourth-order valence-corrected chi connectivity index (χ4v) is 2.21. The van der Waals surface area contributed by atoms with Gasteiger partial charge < -0.3 is 15.8 Å². The van der Waals surface area contributed by atoms with Crippen molar-refractivity contribution >= 4 is 11.7 Å². The van der Waals surface area contributed by atoms with Gasteiger partial charge in [-0.15, -0.1) is 0 Å². The lowest BCUT2D eigenvalue weighted by Gasteiger charge is -2.26. The van der Waals surface area contributed by atoms with Gasteiger partial charge in [-0.25, -0.2) is 4.98 Å². The number of rotatable bonds is 5. The molecule has 1 aromatic heterocycles. The first-order valence-corrected chi connectivity index (χ1v) is 6.74. The van der Waals surface area contributed by atoms with Gasteiger partial charge in [-0.1, -0.05) is 19.0 Å². The lowest BCUT2D eigenvalue weighted by molar-refractivity contribution is 0.318. The van der Waals surface area contributed by atoms with Gasteiger partial charge in [0.1, 0.15) is 5.82 Å². The van der Waals surface area contributed by atoms with Gasteiger partial charge in [0.15, 0.2) is 5.84 Å². The molecular weight excluding hydrogens is 240 g/mol. The van der Waals surface area contributed by atoms with Gasteiger partial charge in [0, 0.05) is 23.8 Å². The molecule has 1 aromatic rings. The van der Waals surface area contributed by atoms with Crippen LogP contribution in [0.4, 0.5) is 5.82 Å². The Hall–Kier alpha value is -1.78. The quantitative estimate of drug-likeness (QED) is 0.369. The third-order valence-electron chi connectivity index (χ3n) is 3.19. The molecule has 2 rings (SSSR count). The first-order valence-electron chi connectivity index (χ1n) is 6.74. The van der Waals surface area contributed by atoms with Crippen LogP contribution in [0.3, 0.4) is 0 Å². The van der Waals surface area contributed by atoms with Crippen LogP contribution in [0.5, 0.6) is 0 Å². The molecule has 0 amide bonds. The smallest absolute Gasteiger partial charge is 0.170 e. The molecule has 3 N–H and O–H groups in total. The Kier molecular flexibility index (Phi) is 3.93. The topological polar surface area (TPSA) is 74.7 Å². The maximum atomic E-state index is 8.80. The summed E-state index contributed by atoms with van der Waals surface area (Å²) in [5, 5.41) is 11.9. The highest BCUT2D eigenvalue weighted by atomic mass is 16.4. The molecule has 0 aliphatic heterocycles. The largest absolute Gasteiger partial charge is 0.409 e. The first kappa shape index (κ1) is 13.6. The fourth-order valence-electron chi connectivity index (χ4n) is 2.21. The number of nitrogens with zero attached hydrogens (tertiary/aromatic N) is 3. The third kappa shape index (κ3) is 3.36. The lowest BCUT2D eigenvalue weighted by atomic mass is 10.1. The van der Waals surface area contributed by atoms with Crippen LogP contribution in [-0.4, -0.2) is 28.6 Å². The van der Waals surface area contributed by atoms with Crippen molar-refractivity contribution in [2.24, 2.45) is 16.8 Å². The molecule has 1 fully saturated rings. The second-order valence-corrected chi connectivity index (χ2v) is 5.62. The van der Waals surface area contributed by atoms with Crippen LogP contribution in [0.2, 0.25) is 0 Å². The van der Waals surface area contributed by atoms with E-state index in [1.54, 1.807) is 0 Å². The maximum absolute atomic E-state index is 8.80. The van der Waals surface area contributed by atoms with Crippen molar-refractivity contribution < 1.29 is 5.21 Å². The Bertz CT molecular complexity index is 480. The number of hydrogen-bond acceptors (Lipinski definition) is 4. The number of amidine groups is 1. The van der Waals surface area contributed by atoms with Crippen molar-refractivity contribution in [3.05, 3.63) is 23.4 Å². The zero-order valence-corrected chi connectivity index (χ0v) is 11.8.